The fraction of sp³-hybridized carbons (Fsp3) is 0.450. The molecule has 0 aliphatic carbocycles. The summed E-state index contributed by atoms with van der Waals surface area (Å²) in [6.07, 6.45) is 4.26. The molecule has 2 aromatic heterocycles. The van der Waals surface area contributed by atoms with E-state index in [2.05, 4.69) is 20.2 Å². The maximum Gasteiger partial charge on any atom is 0.246 e. The third-order valence-electron chi connectivity index (χ3n) is 5.69. The monoisotopic (exact) mass is 378 g/mol. The van der Waals surface area contributed by atoms with Crippen LogP contribution in [0.25, 0.3) is 11.0 Å². The van der Waals surface area contributed by atoms with Crippen molar-refractivity contribution in [1.82, 2.24) is 29.9 Å². The van der Waals surface area contributed by atoms with Crippen LogP contribution in [0.1, 0.15) is 29.9 Å². The number of rotatable bonds is 2. The Morgan fingerprint density at radius 2 is 1.89 bits per heavy atom. The highest BCUT2D eigenvalue weighted by molar-refractivity contribution is 5.77. The van der Waals surface area contributed by atoms with Crippen LogP contribution < -0.4 is 0 Å². The first-order valence-electron chi connectivity index (χ1n) is 9.68. The van der Waals surface area contributed by atoms with Crippen LogP contribution in [0.4, 0.5) is 0 Å². The maximum atomic E-state index is 12.8. The molecule has 0 unspecified atom stereocenters. The molecule has 8 heteroatoms. The summed E-state index contributed by atoms with van der Waals surface area (Å²) in [7, 11) is 0. The SMILES string of the molecule is Cc1ncc2c(n1)C1(CCN(C(=O)Cn3nc4ccccc4n3)CC1)OCC2. The second-order valence-electron chi connectivity index (χ2n) is 7.48. The summed E-state index contributed by atoms with van der Waals surface area (Å²) >= 11 is 0. The van der Waals surface area contributed by atoms with Crippen molar-refractivity contribution in [3.63, 3.8) is 0 Å². The molecule has 0 radical (unpaired) electrons. The quantitative estimate of drug-likeness (QED) is 0.674. The number of likely N-dealkylation sites (tertiary alicyclic amines) is 1. The van der Waals surface area contributed by atoms with Gasteiger partial charge in [0.15, 0.2) is 0 Å². The molecular formula is C20H22N6O2. The van der Waals surface area contributed by atoms with Crippen molar-refractivity contribution in [2.75, 3.05) is 19.7 Å². The van der Waals surface area contributed by atoms with Gasteiger partial charge in [0.2, 0.25) is 5.91 Å². The van der Waals surface area contributed by atoms with Gasteiger partial charge in [0.05, 0.1) is 12.3 Å². The van der Waals surface area contributed by atoms with Crippen molar-refractivity contribution in [2.45, 2.75) is 38.3 Å². The molecular weight excluding hydrogens is 356 g/mol. The highest BCUT2D eigenvalue weighted by Crippen LogP contribution is 2.40. The topological polar surface area (TPSA) is 86.0 Å². The Morgan fingerprint density at radius 3 is 2.61 bits per heavy atom. The molecule has 1 aromatic carbocycles. The van der Waals surface area contributed by atoms with Gasteiger partial charge in [-0.25, -0.2) is 9.97 Å². The Balaban J connectivity index is 1.30. The van der Waals surface area contributed by atoms with Gasteiger partial charge in [-0.3, -0.25) is 4.79 Å². The van der Waals surface area contributed by atoms with Gasteiger partial charge in [0.25, 0.3) is 0 Å². The number of ether oxygens (including phenoxy) is 1. The highest BCUT2D eigenvalue weighted by atomic mass is 16.5. The van der Waals surface area contributed by atoms with E-state index in [-0.39, 0.29) is 12.5 Å². The summed E-state index contributed by atoms with van der Waals surface area (Å²) in [6, 6.07) is 7.63. The Kier molecular flexibility index (Phi) is 4.08. The van der Waals surface area contributed by atoms with Crippen LogP contribution in [0.2, 0.25) is 0 Å². The van der Waals surface area contributed by atoms with Crippen molar-refractivity contribution < 1.29 is 9.53 Å². The molecule has 0 bridgehead atoms. The molecule has 0 saturated carbocycles. The Morgan fingerprint density at radius 1 is 1.18 bits per heavy atom. The third kappa shape index (κ3) is 2.93. The molecule has 0 atom stereocenters. The van der Waals surface area contributed by atoms with Gasteiger partial charge in [-0.2, -0.15) is 15.0 Å². The van der Waals surface area contributed by atoms with Crippen molar-refractivity contribution in [3.05, 3.63) is 47.5 Å². The van der Waals surface area contributed by atoms with E-state index in [9.17, 15) is 4.79 Å². The number of piperidine rings is 1. The second kappa shape index (κ2) is 6.63. The zero-order chi connectivity index (χ0) is 19.1. The van der Waals surface area contributed by atoms with Gasteiger partial charge < -0.3 is 9.64 Å². The Bertz CT molecular complexity index is 1010. The first kappa shape index (κ1) is 17.2. The maximum absolute atomic E-state index is 12.8. The number of hydrogen-bond donors (Lipinski definition) is 0. The van der Waals surface area contributed by atoms with E-state index in [0.29, 0.717) is 19.7 Å². The van der Waals surface area contributed by atoms with E-state index in [4.69, 9.17) is 4.74 Å². The summed E-state index contributed by atoms with van der Waals surface area (Å²) in [5.74, 6) is 0.795. The lowest BCUT2D eigenvalue weighted by Crippen LogP contribution is -2.49. The van der Waals surface area contributed by atoms with Gasteiger partial charge in [-0.1, -0.05) is 12.1 Å². The van der Waals surface area contributed by atoms with Crippen LogP contribution in [0.5, 0.6) is 0 Å². The zero-order valence-electron chi connectivity index (χ0n) is 15.8. The van der Waals surface area contributed by atoms with Crippen molar-refractivity contribution >= 4 is 16.9 Å². The van der Waals surface area contributed by atoms with Gasteiger partial charge in [-0.05, 0) is 43.9 Å². The molecule has 1 spiro atoms. The van der Waals surface area contributed by atoms with Crippen LogP contribution in [-0.2, 0) is 28.1 Å². The van der Waals surface area contributed by atoms with Crippen molar-refractivity contribution in [1.29, 1.82) is 0 Å². The highest BCUT2D eigenvalue weighted by Gasteiger charge is 2.43. The van der Waals surface area contributed by atoms with E-state index >= 15 is 0 Å². The van der Waals surface area contributed by atoms with Gasteiger partial charge >= 0.3 is 0 Å². The first-order chi connectivity index (χ1) is 13.6. The van der Waals surface area contributed by atoms with E-state index in [1.807, 2.05) is 42.3 Å². The molecule has 28 heavy (non-hydrogen) atoms. The zero-order valence-corrected chi connectivity index (χ0v) is 15.8. The predicted molar refractivity (Wildman–Crippen MR) is 101 cm³/mol. The van der Waals surface area contributed by atoms with E-state index < -0.39 is 5.60 Å². The number of benzene rings is 1. The minimum Gasteiger partial charge on any atom is -0.368 e. The molecule has 2 aliphatic heterocycles. The molecule has 8 nitrogen and oxygen atoms in total. The molecule has 3 aromatic rings. The summed E-state index contributed by atoms with van der Waals surface area (Å²) < 4.78 is 6.22. The molecule has 4 heterocycles. The van der Waals surface area contributed by atoms with Crippen LogP contribution in [-0.4, -0.2) is 55.5 Å². The lowest BCUT2D eigenvalue weighted by atomic mass is 9.83. The average Bonchev–Trinajstić information content (AvgIpc) is 3.11. The van der Waals surface area contributed by atoms with Gasteiger partial charge in [0.1, 0.15) is 29.0 Å². The van der Waals surface area contributed by atoms with Crippen LogP contribution in [0.15, 0.2) is 30.5 Å². The van der Waals surface area contributed by atoms with Crippen molar-refractivity contribution in [2.24, 2.45) is 0 Å². The molecule has 1 fully saturated rings. The number of carbonyl (C=O) groups excluding carboxylic acids is 1. The number of aryl methyl sites for hydroxylation is 1. The Labute approximate surface area is 162 Å². The molecule has 1 amide bonds. The normalized spacial score (nSPS) is 18.4. The van der Waals surface area contributed by atoms with Crippen LogP contribution >= 0.6 is 0 Å². The fourth-order valence-corrected chi connectivity index (χ4v) is 4.19. The van der Waals surface area contributed by atoms with Crippen molar-refractivity contribution in [3.8, 4) is 0 Å². The molecule has 1 saturated heterocycles. The number of hydrogen-bond acceptors (Lipinski definition) is 6. The molecule has 0 N–H and O–H groups in total. The van der Waals surface area contributed by atoms with Gasteiger partial charge in [-0.15, -0.1) is 0 Å². The van der Waals surface area contributed by atoms with Crippen LogP contribution in [0.3, 0.4) is 0 Å². The molecule has 144 valence electrons. The minimum absolute atomic E-state index is 0.0325. The number of amides is 1. The number of carbonyl (C=O) groups is 1. The smallest absolute Gasteiger partial charge is 0.246 e. The standard InChI is InChI=1S/C20H22N6O2/c1-14-21-12-15-6-11-28-20(19(15)22-14)7-9-25(10-8-20)18(27)13-26-23-16-4-2-3-5-17(16)24-26/h2-5,12H,6-11,13H2,1H3. The lowest BCUT2D eigenvalue weighted by molar-refractivity contribution is -0.142. The van der Waals surface area contributed by atoms with E-state index in [1.165, 1.54) is 10.4 Å². The largest absolute Gasteiger partial charge is 0.368 e. The molecule has 5 rings (SSSR count). The number of nitrogens with zero attached hydrogens (tertiary/aromatic N) is 6. The average molecular weight is 378 g/mol. The second-order valence-corrected chi connectivity index (χ2v) is 7.48. The first-order valence-corrected chi connectivity index (χ1v) is 9.68. The Hall–Kier alpha value is -2.87. The summed E-state index contributed by atoms with van der Waals surface area (Å²) in [6.45, 7) is 4.02. The number of fused-ring (bicyclic) bond motifs is 3. The van der Waals surface area contributed by atoms with Gasteiger partial charge in [0, 0.05) is 19.3 Å². The number of aromatic nitrogens is 5. The lowest BCUT2D eigenvalue weighted by Gasteiger charge is -2.44. The summed E-state index contributed by atoms with van der Waals surface area (Å²) in [4.78, 5) is 25.2. The van der Waals surface area contributed by atoms with E-state index in [1.54, 1.807) is 0 Å². The predicted octanol–water partition coefficient (Wildman–Crippen LogP) is 1.62. The summed E-state index contributed by atoms with van der Waals surface area (Å²) in [5.41, 5.74) is 3.39. The summed E-state index contributed by atoms with van der Waals surface area (Å²) in [5, 5.41) is 8.77. The van der Waals surface area contributed by atoms with Crippen LogP contribution in [0, 0.1) is 6.92 Å². The third-order valence-corrected chi connectivity index (χ3v) is 5.69. The minimum atomic E-state index is -0.392. The molecule has 2 aliphatic rings. The van der Waals surface area contributed by atoms with E-state index in [0.717, 1.165) is 41.8 Å². The fourth-order valence-electron chi connectivity index (χ4n) is 4.19.